The van der Waals surface area contributed by atoms with Gasteiger partial charge in [0.25, 0.3) is 0 Å². The molecule has 3 aromatic carbocycles. The monoisotopic (exact) mass is 427 g/mol. The smallest absolute Gasteiger partial charge is 0.225 e. The van der Waals surface area contributed by atoms with Crippen molar-refractivity contribution in [2.24, 2.45) is 5.14 Å². The molecule has 0 aliphatic rings. The summed E-state index contributed by atoms with van der Waals surface area (Å²) in [4.78, 5) is -0.323. The van der Waals surface area contributed by atoms with E-state index >= 15 is 0 Å². The molecule has 0 aliphatic heterocycles. The van der Waals surface area contributed by atoms with Crippen LogP contribution in [0.15, 0.2) is 59.5 Å². The number of hydrogen-bond donors (Lipinski definition) is 1. The van der Waals surface area contributed by atoms with E-state index in [2.05, 4.69) is 0 Å². The van der Waals surface area contributed by atoms with Crippen molar-refractivity contribution in [2.45, 2.75) is 18.0 Å². The molecule has 0 atom stereocenters. The fraction of sp³-hybridized carbons (Fsp3) is 0.100. The highest BCUT2D eigenvalue weighted by Gasteiger charge is 2.32. The number of aryl methyl sites for hydroxylation is 1. The summed E-state index contributed by atoms with van der Waals surface area (Å²) >= 11 is 0. The largest absolute Gasteiger partial charge is 0.416 e. The third-order valence-corrected chi connectivity index (χ3v) is 5.36. The zero-order valence-electron chi connectivity index (χ0n) is 14.9. The van der Waals surface area contributed by atoms with Crippen LogP contribution in [0.1, 0.15) is 11.1 Å². The van der Waals surface area contributed by atoms with Crippen LogP contribution in [0.2, 0.25) is 0 Å². The predicted octanol–water partition coefficient (Wildman–Crippen LogP) is 5.27. The summed E-state index contributed by atoms with van der Waals surface area (Å²) in [5.41, 5.74) is -0.819. The van der Waals surface area contributed by atoms with Crippen molar-refractivity contribution in [1.29, 1.82) is 0 Å². The van der Waals surface area contributed by atoms with Crippen molar-refractivity contribution in [2.75, 3.05) is 0 Å². The topological polar surface area (TPSA) is 60.2 Å². The molecule has 0 heterocycles. The van der Waals surface area contributed by atoms with Gasteiger partial charge in [-0.15, -0.1) is 0 Å². The summed E-state index contributed by atoms with van der Waals surface area (Å²) in [6, 6.07) is 10.2. The quantitative estimate of drug-likeness (QED) is 0.579. The molecule has 0 bridgehead atoms. The summed E-state index contributed by atoms with van der Waals surface area (Å²) in [7, 11) is -4.20. The first-order chi connectivity index (χ1) is 13.4. The van der Waals surface area contributed by atoms with Crippen molar-refractivity contribution in [3.05, 3.63) is 77.4 Å². The van der Waals surface area contributed by atoms with E-state index < -0.39 is 33.4 Å². The maximum atomic E-state index is 14.0. The van der Waals surface area contributed by atoms with Gasteiger partial charge in [0.05, 0.1) is 10.5 Å². The van der Waals surface area contributed by atoms with Crippen molar-refractivity contribution in [3.8, 4) is 22.3 Å². The molecule has 3 nitrogen and oxygen atoms in total. The van der Waals surface area contributed by atoms with Gasteiger partial charge in [0.15, 0.2) is 11.6 Å². The minimum absolute atomic E-state index is 0.00134. The average Bonchev–Trinajstić information content (AvgIpc) is 2.61. The third-order valence-electron chi connectivity index (χ3n) is 4.39. The lowest BCUT2D eigenvalue weighted by Gasteiger charge is -2.16. The number of rotatable bonds is 3. The molecule has 3 aromatic rings. The minimum atomic E-state index is -4.57. The van der Waals surface area contributed by atoms with Crippen LogP contribution >= 0.6 is 0 Å². The van der Waals surface area contributed by atoms with E-state index in [1.54, 1.807) is 0 Å². The molecular weight excluding hydrogens is 413 g/mol. The fourth-order valence-corrected chi connectivity index (χ4v) is 3.85. The molecule has 0 unspecified atom stereocenters. The van der Waals surface area contributed by atoms with Crippen molar-refractivity contribution in [1.82, 2.24) is 0 Å². The van der Waals surface area contributed by atoms with Gasteiger partial charge in [-0.1, -0.05) is 30.3 Å². The van der Waals surface area contributed by atoms with E-state index in [-0.39, 0.29) is 32.7 Å². The number of sulfonamides is 1. The lowest BCUT2D eigenvalue weighted by atomic mass is 9.92. The van der Waals surface area contributed by atoms with Crippen LogP contribution in [0.4, 0.5) is 22.0 Å². The number of benzene rings is 3. The Hall–Kier alpha value is -2.78. The van der Waals surface area contributed by atoms with E-state index in [9.17, 15) is 30.4 Å². The maximum Gasteiger partial charge on any atom is 0.416 e. The molecule has 0 aliphatic carbocycles. The standard InChI is InChI=1S/C20H14F5NO2S/c1-11-8-12(6-7-16(11)20(23,24)25)14-9-17(21)18(22)10-15(14)13-4-2-3-5-19(13)29(26,27)28/h2-10H,1H3,(H2,26,27,28). The molecule has 2 N–H and O–H groups in total. The van der Waals surface area contributed by atoms with Gasteiger partial charge >= 0.3 is 6.18 Å². The molecule has 9 heteroatoms. The van der Waals surface area contributed by atoms with Crippen LogP contribution in [0.3, 0.4) is 0 Å². The van der Waals surface area contributed by atoms with Gasteiger partial charge in [-0.2, -0.15) is 13.2 Å². The average molecular weight is 427 g/mol. The van der Waals surface area contributed by atoms with E-state index in [0.29, 0.717) is 0 Å². The van der Waals surface area contributed by atoms with Crippen molar-refractivity contribution < 1.29 is 30.4 Å². The van der Waals surface area contributed by atoms with Crippen LogP contribution < -0.4 is 5.14 Å². The lowest BCUT2D eigenvalue weighted by molar-refractivity contribution is -0.138. The molecule has 0 amide bonds. The van der Waals surface area contributed by atoms with Crippen LogP contribution in [0.25, 0.3) is 22.3 Å². The zero-order valence-corrected chi connectivity index (χ0v) is 15.7. The van der Waals surface area contributed by atoms with Gasteiger partial charge < -0.3 is 0 Å². The summed E-state index contributed by atoms with van der Waals surface area (Å²) in [6.45, 7) is 1.24. The first-order valence-corrected chi connectivity index (χ1v) is 9.73. The van der Waals surface area contributed by atoms with Crippen molar-refractivity contribution in [3.63, 3.8) is 0 Å². The number of hydrogen-bond acceptors (Lipinski definition) is 2. The number of halogens is 5. The number of primary sulfonamides is 1. The summed E-state index contributed by atoms with van der Waals surface area (Å²) in [6.07, 6.45) is -4.57. The van der Waals surface area contributed by atoms with Crippen molar-refractivity contribution >= 4 is 10.0 Å². The second kappa shape index (κ2) is 7.23. The normalized spacial score (nSPS) is 12.2. The Kier molecular flexibility index (Phi) is 5.22. The first kappa shape index (κ1) is 20.9. The van der Waals surface area contributed by atoms with Crippen LogP contribution in [-0.2, 0) is 16.2 Å². The van der Waals surface area contributed by atoms with Gasteiger partial charge in [0.1, 0.15) is 0 Å². The Labute approximate surface area is 163 Å². The Morgan fingerprint density at radius 3 is 1.97 bits per heavy atom. The molecule has 0 radical (unpaired) electrons. The lowest BCUT2D eigenvalue weighted by Crippen LogP contribution is -2.13. The number of nitrogens with two attached hydrogens (primary N) is 1. The van der Waals surface area contributed by atoms with Gasteiger partial charge in [0, 0.05) is 5.56 Å². The van der Waals surface area contributed by atoms with Gasteiger partial charge in [-0.25, -0.2) is 22.3 Å². The molecule has 0 saturated carbocycles. The molecule has 0 saturated heterocycles. The van der Waals surface area contributed by atoms with Gasteiger partial charge in [-0.05, 0) is 53.4 Å². The summed E-state index contributed by atoms with van der Waals surface area (Å²) < 4.78 is 90.9. The second-order valence-electron chi connectivity index (χ2n) is 6.38. The predicted molar refractivity (Wildman–Crippen MR) is 98.3 cm³/mol. The van der Waals surface area contributed by atoms with E-state index in [4.69, 9.17) is 5.14 Å². The van der Waals surface area contributed by atoms with Crippen LogP contribution in [0.5, 0.6) is 0 Å². The molecule has 29 heavy (non-hydrogen) atoms. The van der Waals surface area contributed by atoms with Crippen LogP contribution in [0, 0.1) is 18.6 Å². The highest BCUT2D eigenvalue weighted by atomic mass is 32.2. The van der Waals surface area contributed by atoms with Gasteiger partial charge in [-0.3, -0.25) is 0 Å². The molecule has 3 rings (SSSR count). The Bertz CT molecular complexity index is 1200. The maximum absolute atomic E-state index is 14.0. The van der Waals surface area contributed by atoms with E-state index in [0.717, 1.165) is 24.3 Å². The molecule has 0 aromatic heterocycles. The molecular formula is C20H14F5NO2S. The Balaban J connectivity index is 2.32. The SMILES string of the molecule is Cc1cc(-c2cc(F)c(F)cc2-c2ccccc2S(N)(=O)=O)ccc1C(F)(F)F. The van der Waals surface area contributed by atoms with Gasteiger partial charge in [0.2, 0.25) is 10.0 Å². The molecule has 152 valence electrons. The zero-order chi connectivity index (χ0) is 21.6. The fourth-order valence-electron chi connectivity index (χ4n) is 3.10. The second-order valence-corrected chi connectivity index (χ2v) is 7.91. The summed E-state index contributed by atoms with van der Waals surface area (Å²) in [5.74, 6) is -2.47. The first-order valence-electron chi connectivity index (χ1n) is 8.19. The van der Waals surface area contributed by atoms with E-state index in [1.807, 2.05) is 0 Å². The minimum Gasteiger partial charge on any atom is -0.225 e. The Morgan fingerprint density at radius 2 is 1.41 bits per heavy atom. The van der Waals surface area contributed by atoms with Crippen LogP contribution in [-0.4, -0.2) is 8.42 Å². The Morgan fingerprint density at radius 1 is 0.828 bits per heavy atom. The summed E-state index contributed by atoms with van der Waals surface area (Å²) in [5, 5.41) is 5.22. The number of alkyl halides is 3. The molecule has 0 fully saturated rings. The molecule has 0 spiro atoms. The highest BCUT2D eigenvalue weighted by molar-refractivity contribution is 7.89. The van der Waals surface area contributed by atoms with E-state index in [1.165, 1.54) is 37.3 Å². The highest BCUT2D eigenvalue weighted by Crippen LogP contribution is 2.39. The third kappa shape index (κ3) is 4.15.